The number of hydrogen-bond donors (Lipinski definition) is 2. The zero-order valence-electron chi connectivity index (χ0n) is 14.2. The lowest BCUT2D eigenvalue weighted by atomic mass is 10.1. The van der Waals surface area contributed by atoms with Gasteiger partial charge in [0, 0.05) is 31.6 Å². The summed E-state index contributed by atoms with van der Waals surface area (Å²) in [5.74, 6) is 0.833. The van der Waals surface area contributed by atoms with Gasteiger partial charge in [0.15, 0.2) is 5.96 Å². The van der Waals surface area contributed by atoms with Crippen LogP contribution in [0.5, 0.6) is 0 Å². The molecular weight excluding hydrogens is 433 g/mol. The zero-order valence-corrected chi connectivity index (χ0v) is 17.4. The Hall–Kier alpha value is -1.12. The molecule has 0 saturated carbocycles. The molecule has 0 saturated heterocycles. The van der Waals surface area contributed by atoms with E-state index in [4.69, 9.17) is 4.74 Å². The van der Waals surface area contributed by atoms with Crippen LogP contribution in [0.2, 0.25) is 0 Å². The van der Waals surface area contributed by atoms with Crippen LogP contribution in [0.4, 0.5) is 0 Å². The third kappa shape index (κ3) is 7.63. The number of halogens is 1. The van der Waals surface area contributed by atoms with Gasteiger partial charge in [0.25, 0.3) is 0 Å². The van der Waals surface area contributed by atoms with E-state index in [2.05, 4.69) is 57.4 Å². The molecular formula is C18H26IN3OS. The van der Waals surface area contributed by atoms with Crippen molar-refractivity contribution in [1.82, 2.24) is 10.6 Å². The molecule has 0 fully saturated rings. The topological polar surface area (TPSA) is 45.6 Å². The molecule has 0 aliphatic rings. The van der Waals surface area contributed by atoms with Crippen LogP contribution in [0.15, 0.2) is 46.8 Å². The molecule has 24 heavy (non-hydrogen) atoms. The van der Waals surface area contributed by atoms with Crippen molar-refractivity contribution in [2.45, 2.75) is 26.5 Å². The number of guanidine groups is 1. The maximum absolute atomic E-state index is 5.41. The van der Waals surface area contributed by atoms with Crippen molar-refractivity contribution in [3.8, 4) is 0 Å². The Morgan fingerprint density at radius 2 is 1.88 bits per heavy atom. The van der Waals surface area contributed by atoms with E-state index >= 15 is 0 Å². The van der Waals surface area contributed by atoms with Gasteiger partial charge in [-0.15, -0.1) is 35.3 Å². The predicted molar refractivity (Wildman–Crippen MR) is 113 cm³/mol. The maximum atomic E-state index is 5.41. The Morgan fingerprint density at radius 3 is 2.50 bits per heavy atom. The first kappa shape index (κ1) is 20.9. The van der Waals surface area contributed by atoms with Gasteiger partial charge in [-0.1, -0.05) is 30.3 Å². The molecule has 1 aromatic heterocycles. The van der Waals surface area contributed by atoms with Crippen molar-refractivity contribution in [3.63, 3.8) is 0 Å². The molecule has 4 nitrogen and oxygen atoms in total. The number of thiophene rings is 1. The van der Waals surface area contributed by atoms with Gasteiger partial charge in [-0.3, -0.25) is 4.99 Å². The number of hydrogen-bond acceptors (Lipinski definition) is 3. The van der Waals surface area contributed by atoms with E-state index in [0.717, 1.165) is 32.1 Å². The molecule has 2 aromatic rings. The van der Waals surface area contributed by atoms with Crippen LogP contribution in [-0.2, 0) is 24.3 Å². The maximum Gasteiger partial charge on any atom is 0.191 e. The summed E-state index contributed by atoms with van der Waals surface area (Å²) in [6, 6.07) is 12.7. The van der Waals surface area contributed by atoms with Gasteiger partial charge in [0.2, 0.25) is 0 Å². The third-order valence-corrected chi connectivity index (χ3v) is 4.36. The number of aliphatic imine (C=N–C) groups is 1. The Morgan fingerprint density at radius 1 is 1.12 bits per heavy atom. The van der Waals surface area contributed by atoms with E-state index in [-0.39, 0.29) is 24.0 Å². The molecule has 0 radical (unpaired) electrons. The van der Waals surface area contributed by atoms with Crippen molar-refractivity contribution in [2.75, 3.05) is 20.2 Å². The molecule has 0 aliphatic carbocycles. The smallest absolute Gasteiger partial charge is 0.191 e. The summed E-state index contributed by atoms with van der Waals surface area (Å²) in [5, 5.41) is 8.79. The van der Waals surface area contributed by atoms with Crippen LogP contribution in [0.1, 0.15) is 22.9 Å². The van der Waals surface area contributed by atoms with Gasteiger partial charge in [0.05, 0.1) is 6.61 Å². The lowest BCUT2D eigenvalue weighted by molar-refractivity contribution is 0.134. The lowest BCUT2D eigenvalue weighted by Gasteiger charge is -2.12. The monoisotopic (exact) mass is 459 g/mol. The van der Waals surface area contributed by atoms with Gasteiger partial charge in [-0.25, -0.2) is 0 Å². The van der Waals surface area contributed by atoms with Crippen LogP contribution < -0.4 is 10.6 Å². The highest BCUT2D eigenvalue weighted by Gasteiger charge is 2.00. The summed E-state index contributed by atoms with van der Waals surface area (Å²) in [6.07, 6.45) is 1.02. The summed E-state index contributed by atoms with van der Waals surface area (Å²) in [7, 11) is 1.80. The zero-order chi connectivity index (χ0) is 16.3. The van der Waals surface area contributed by atoms with Crippen molar-refractivity contribution in [3.05, 3.63) is 57.8 Å². The van der Waals surface area contributed by atoms with Crippen molar-refractivity contribution < 1.29 is 4.74 Å². The Labute approximate surface area is 165 Å². The van der Waals surface area contributed by atoms with Crippen LogP contribution in [-0.4, -0.2) is 26.2 Å². The molecule has 0 aliphatic heterocycles. The SMILES string of the molecule is CCOCc1ccc(CNC(=NC)NCCc2cccs2)cc1.I. The highest BCUT2D eigenvalue weighted by molar-refractivity contribution is 14.0. The number of nitrogens with one attached hydrogen (secondary N) is 2. The first-order valence-electron chi connectivity index (χ1n) is 7.94. The van der Waals surface area contributed by atoms with E-state index in [0.29, 0.717) is 6.61 Å². The van der Waals surface area contributed by atoms with E-state index in [1.54, 1.807) is 18.4 Å². The average Bonchev–Trinajstić information content (AvgIpc) is 3.10. The van der Waals surface area contributed by atoms with Crippen molar-refractivity contribution >= 4 is 41.3 Å². The van der Waals surface area contributed by atoms with Gasteiger partial charge in [0.1, 0.15) is 0 Å². The molecule has 0 unspecified atom stereocenters. The minimum absolute atomic E-state index is 0. The quantitative estimate of drug-likeness (QED) is 0.359. The Kier molecular flexibility index (Phi) is 10.7. The highest BCUT2D eigenvalue weighted by Crippen LogP contribution is 2.08. The highest BCUT2D eigenvalue weighted by atomic mass is 127. The van der Waals surface area contributed by atoms with Gasteiger partial charge < -0.3 is 15.4 Å². The molecule has 1 heterocycles. The summed E-state index contributed by atoms with van der Waals surface area (Å²) >= 11 is 1.79. The summed E-state index contributed by atoms with van der Waals surface area (Å²) in [6.45, 7) is 5.07. The largest absolute Gasteiger partial charge is 0.377 e. The molecule has 0 amide bonds. The number of ether oxygens (including phenoxy) is 1. The lowest BCUT2D eigenvalue weighted by Crippen LogP contribution is -2.37. The molecule has 132 valence electrons. The standard InChI is InChI=1S/C18H25N3OS.HI/c1-3-22-14-16-8-6-15(7-9-16)13-21-18(19-2)20-11-10-17-5-4-12-23-17;/h4-9,12H,3,10-11,13-14H2,1-2H3,(H2,19,20,21);1H. The molecule has 2 rings (SSSR count). The second kappa shape index (κ2) is 12.3. The van der Waals surface area contributed by atoms with E-state index in [1.165, 1.54) is 16.0 Å². The number of rotatable bonds is 8. The fraction of sp³-hybridized carbons (Fsp3) is 0.389. The second-order valence-electron chi connectivity index (χ2n) is 5.14. The Balaban J connectivity index is 0.00000288. The molecule has 0 atom stereocenters. The normalized spacial score (nSPS) is 11.0. The fourth-order valence-electron chi connectivity index (χ4n) is 2.14. The fourth-order valence-corrected chi connectivity index (χ4v) is 2.85. The van der Waals surface area contributed by atoms with Gasteiger partial charge >= 0.3 is 0 Å². The van der Waals surface area contributed by atoms with Crippen LogP contribution in [0.3, 0.4) is 0 Å². The first-order chi connectivity index (χ1) is 11.3. The van der Waals surface area contributed by atoms with E-state index < -0.39 is 0 Å². The molecule has 2 N–H and O–H groups in total. The predicted octanol–water partition coefficient (Wildman–Crippen LogP) is 3.81. The number of benzene rings is 1. The van der Waals surface area contributed by atoms with Crippen molar-refractivity contribution in [2.24, 2.45) is 4.99 Å². The van der Waals surface area contributed by atoms with Gasteiger partial charge in [-0.05, 0) is 35.9 Å². The van der Waals surface area contributed by atoms with E-state index in [1.807, 2.05) is 6.92 Å². The summed E-state index contributed by atoms with van der Waals surface area (Å²) in [5.41, 5.74) is 2.43. The number of nitrogens with zero attached hydrogens (tertiary/aromatic N) is 1. The van der Waals surface area contributed by atoms with Crippen LogP contribution >= 0.6 is 35.3 Å². The second-order valence-corrected chi connectivity index (χ2v) is 6.17. The molecule has 1 aromatic carbocycles. The molecule has 0 bridgehead atoms. The summed E-state index contributed by atoms with van der Waals surface area (Å²) in [4.78, 5) is 5.64. The minimum atomic E-state index is 0. The minimum Gasteiger partial charge on any atom is -0.377 e. The van der Waals surface area contributed by atoms with Crippen LogP contribution in [0, 0.1) is 0 Å². The van der Waals surface area contributed by atoms with Crippen molar-refractivity contribution in [1.29, 1.82) is 0 Å². The summed E-state index contributed by atoms with van der Waals surface area (Å²) < 4.78 is 5.41. The molecule has 0 spiro atoms. The molecule has 6 heteroatoms. The average molecular weight is 459 g/mol. The Bertz CT molecular complexity index is 585. The first-order valence-corrected chi connectivity index (χ1v) is 8.82. The third-order valence-electron chi connectivity index (χ3n) is 3.42. The van der Waals surface area contributed by atoms with E-state index in [9.17, 15) is 0 Å². The van der Waals surface area contributed by atoms with Crippen LogP contribution in [0.25, 0.3) is 0 Å². The van der Waals surface area contributed by atoms with Gasteiger partial charge in [-0.2, -0.15) is 0 Å².